The Morgan fingerprint density at radius 3 is 2.47 bits per heavy atom. The molecule has 3 heteroatoms. The Labute approximate surface area is 115 Å². The molecule has 0 heterocycles. The molecule has 0 amide bonds. The molecule has 1 aromatic rings. The molecule has 0 aliphatic heterocycles. The van der Waals surface area contributed by atoms with E-state index in [1.807, 2.05) is 30.3 Å². The predicted octanol–water partition coefficient (Wildman–Crippen LogP) is 3.23. The zero-order valence-corrected chi connectivity index (χ0v) is 11.7. The number of benzene rings is 1. The molecule has 104 valence electrons. The number of rotatable bonds is 6. The van der Waals surface area contributed by atoms with Crippen LogP contribution in [-0.4, -0.2) is 17.6 Å². The maximum absolute atomic E-state index is 11.5. The summed E-state index contributed by atoms with van der Waals surface area (Å²) in [6.07, 6.45) is 3.84. The molecular weight excluding hydrogens is 238 g/mol. The van der Waals surface area contributed by atoms with Gasteiger partial charge in [0.05, 0.1) is 5.41 Å². The molecular formula is C16H23NO2. The number of hydrogen-bond acceptors (Lipinski definition) is 2. The summed E-state index contributed by atoms with van der Waals surface area (Å²) in [4.78, 5) is 11.5. The highest BCUT2D eigenvalue weighted by Gasteiger charge is 2.38. The van der Waals surface area contributed by atoms with Gasteiger partial charge in [0.2, 0.25) is 0 Å². The summed E-state index contributed by atoms with van der Waals surface area (Å²) in [5.74, 6) is -0.0433. The van der Waals surface area contributed by atoms with Crippen LogP contribution in [-0.2, 0) is 4.79 Å². The first-order valence-electron chi connectivity index (χ1n) is 7.03. The molecule has 1 aliphatic rings. The lowest BCUT2D eigenvalue weighted by molar-refractivity contribution is -0.148. The molecule has 0 saturated heterocycles. The second-order valence-corrected chi connectivity index (χ2v) is 6.08. The van der Waals surface area contributed by atoms with Gasteiger partial charge in [0.25, 0.3) is 0 Å². The van der Waals surface area contributed by atoms with Crippen molar-refractivity contribution in [3.05, 3.63) is 35.9 Å². The molecule has 2 N–H and O–H groups in total. The van der Waals surface area contributed by atoms with E-state index in [1.54, 1.807) is 13.8 Å². The minimum absolute atomic E-state index is 0.146. The van der Waals surface area contributed by atoms with Crippen LogP contribution in [0, 0.1) is 11.3 Å². The van der Waals surface area contributed by atoms with Crippen LogP contribution in [0.4, 0.5) is 0 Å². The largest absolute Gasteiger partial charge is 0.481 e. The van der Waals surface area contributed by atoms with Crippen LogP contribution in [0.25, 0.3) is 0 Å². The van der Waals surface area contributed by atoms with Crippen LogP contribution in [0.5, 0.6) is 0 Å². The Hall–Kier alpha value is -1.35. The lowest BCUT2D eigenvalue weighted by atomic mass is 9.79. The Morgan fingerprint density at radius 2 is 2.00 bits per heavy atom. The third-order valence-electron chi connectivity index (χ3n) is 4.24. The number of carboxylic acid groups (broad SMARTS) is 1. The van der Waals surface area contributed by atoms with Gasteiger partial charge in [-0.1, -0.05) is 36.8 Å². The molecule has 0 aromatic heterocycles. The van der Waals surface area contributed by atoms with E-state index in [9.17, 15) is 9.90 Å². The van der Waals surface area contributed by atoms with Crippen molar-refractivity contribution < 1.29 is 9.90 Å². The number of carboxylic acids is 1. The van der Waals surface area contributed by atoms with E-state index < -0.39 is 11.4 Å². The quantitative estimate of drug-likeness (QED) is 0.826. The second-order valence-electron chi connectivity index (χ2n) is 6.08. The number of nitrogens with one attached hydrogen (secondary N) is 1. The predicted molar refractivity (Wildman–Crippen MR) is 75.9 cm³/mol. The van der Waals surface area contributed by atoms with Crippen molar-refractivity contribution >= 4 is 5.97 Å². The fourth-order valence-corrected chi connectivity index (χ4v) is 2.54. The molecule has 2 rings (SSSR count). The van der Waals surface area contributed by atoms with Gasteiger partial charge in [-0.2, -0.15) is 0 Å². The minimum Gasteiger partial charge on any atom is -0.481 e. The first kappa shape index (κ1) is 14.1. The number of aliphatic carboxylic acids is 1. The lowest BCUT2D eigenvalue weighted by Crippen LogP contribution is -2.42. The van der Waals surface area contributed by atoms with Gasteiger partial charge >= 0.3 is 5.97 Å². The SMILES string of the molecule is CC(C)(C(=O)O)C(NCC1CCC1)c1ccccc1. The van der Waals surface area contributed by atoms with Crippen LogP contribution in [0.15, 0.2) is 30.3 Å². The average molecular weight is 261 g/mol. The van der Waals surface area contributed by atoms with E-state index >= 15 is 0 Å². The molecule has 1 fully saturated rings. The lowest BCUT2D eigenvalue weighted by Gasteiger charge is -2.35. The van der Waals surface area contributed by atoms with Crippen molar-refractivity contribution in [3.63, 3.8) is 0 Å². The van der Waals surface area contributed by atoms with E-state index in [1.165, 1.54) is 19.3 Å². The van der Waals surface area contributed by atoms with Gasteiger partial charge in [-0.25, -0.2) is 0 Å². The van der Waals surface area contributed by atoms with Crippen molar-refractivity contribution in [3.8, 4) is 0 Å². The average Bonchev–Trinajstić information content (AvgIpc) is 2.33. The van der Waals surface area contributed by atoms with Crippen LogP contribution >= 0.6 is 0 Å². The number of carbonyl (C=O) groups is 1. The third kappa shape index (κ3) is 3.16. The van der Waals surface area contributed by atoms with Gasteiger partial charge in [-0.05, 0) is 44.7 Å². The van der Waals surface area contributed by atoms with E-state index in [2.05, 4.69) is 5.32 Å². The normalized spacial score (nSPS) is 17.8. The monoisotopic (exact) mass is 261 g/mol. The minimum atomic E-state index is -0.814. The number of hydrogen-bond donors (Lipinski definition) is 2. The van der Waals surface area contributed by atoms with Crippen LogP contribution < -0.4 is 5.32 Å². The van der Waals surface area contributed by atoms with Gasteiger partial charge in [0.15, 0.2) is 0 Å². The Balaban J connectivity index is 2.14. The zero-order valence-electron chi connectivity index (χ0n) is 11.7. The van der Waals surface area contributed by atoms with E-state index in [0.717, 1.165) is 18.0 Å². The van der Waals surface area contributed by atoms with Crippen LogP contribution in [0.2, 0.25) is 0 Å². The van der Waals surface area contributed by atoms with Gasteiger partial charge in [-0.3, -0.25) is 4.79 Å². The van der Waals surface area contributed by atoms with Crippen LogP contribution in [0.3, 0.4) is 0 Å². The maximum atomic E-state index is 11.5. The molecule has 0 spiro atoms. The summed E-state index contributed by atoms with van der Waals surface area (Å²) in [7, 11) is 0. The molecule has 1 atom stereocenters. The first-order valence-corrected chi connectivity index (χ1v) is 7.03. The molecule has 1 aromatic carbocycles. The van der Waals surface area contributed by atoms with Gasteiger partial charge < -0.3 is 10.4 Å². The second kappa shape index (κ2) is 5.74. The molecule has 1 unspecified atom stereocenters. The summed E-state index contributed by atoms with van der Waals surface area (Å²) in [6, 6.07) is 9.75. The summed E-state index contributed by atoms with van der Waals surface area (Å²) >= 11 is 0. The molecule has 1 aliphatic carbocycles. The van der Waals surface area contributed by atoms with Gasteiger partial charge in [0, 0.05) is 6.04 Å². The van der Waals surface area contributed by atoms with Crippen LogP contribution in [0.1, 0.15) is 44.7 Å². The standard InChI is InChI=1S/C16H23NO2/c1-16(2,15(18)19)14(13-9-4-3-5-10-13)17-11-12-7-6-8-12/h3-5,9-10,12,14,17H,6-8,11H2,1-2H3,(H,18,19). The highest BCUT2D eigenvalue weighted by atomic mass is 16.4. The molecule has 0 radical (unpaired) electrons. The summed E-state index contributed by atoms with van der Waals surface area (Å²) in [5, 5.41) is 12.9. The van der Waals surface area contributed by atoms with E-state index in [0.29, 0.717) is 0 Å². The highest BCUT2D eigenvalue weighted by Crippen LogP contribution is 2.35. The van der Waals surface area contributed by atoms with Gasteiger partial charge in [-0.15, -0.1) is 0 Å². The highest BCUT2D eigenvalue weighted by molar-refractivity contribution is 5.75. The summed E-state index contributed by atoms with van der Waals surface area (Å²) in [6.45, 7) is 4.50. The van der Waals surface area contributed by atoms with Crippen molar-refractivity contribution in [2.24, 2.45) is 11.3 Å². The van der Waals surface area contributed by atoms with E-state index in [4.69, 9.17) is 0 Å². The fourth-order valence-electron chi connectivity index (χ4n) is 2.54. The summed E-state index contributed by atoms with van der Waals surface area (Å²) < 4.78 is 0. The molecule has 3 nitrogen and oxygen atoms in total. The molecule has 19 heavy (non-hydrogen) atoms. The zero-order chi connectivity index (χ0) is 13.9. The maximum Gasteiger partial charge on any atom is 0.311 e. The van der Waals surface area contributed by atoms with Gasteiger partial charge in [0.1, 0.15) is 0 Å². The van der Waals surface area contributed by atoms with Crippen molar-refractivity contribution in [2.75, 3.05) is 6.54 Å². The Morgan fingerprint density at radius 1 is 1.37 bits per heavy atom. The van der Waals surface area contributed by atoms with Crippen molar-refractivity contribution in [2.45, 2.75) is 39.2 Å². The summed E-state index contributed by atoms with van der Waals surface area (Å²) in [5.41, 5.74) is 0.236. The fraction of sp³-hybridized carbons (Fsp3) is 0.562. The molecule has 1 saturated carbocycles. The van der Waals surface area contributed by atoms with E-state index in [-0.39, 0.29) is 6.04 Å². The Kier molecular flexibility index (Phi) is 4.25. The smallest absolute Gasteiger partial charge is 0.311 e. The third-order valence-corrected chi connectivity index (χ3v) is 4.24. The Bertz CT molecular complexity index is 424. The van der Waals surface area contributed by atoms with Crippen molar-refractivity contribution in [1.82, 2.24) is 5.32 Å². The topological polar surface area (TPSA) is 49.3 Å². The van der Waals surface area contributed by atoms with Crippen molar-refractivity contribution in [1.29, 1.82) is 0 Å². The first-order chi connectivity index (χ1) is 9.01. The molecule has 0 bridgehead atoms.